The molecular formula is C31H38ClN3O4S. The average molecular weight is 584 g/mol. The van der Waals surface area contributed by atoms with Crippen LogP contribution in [-0.2, 0) is 26.2 Å². The van der Waals surface area contributed by atoms with Crippen molar-refractivity contribution in [2.75, 3.05) is 10.8 Å². The monoisotopic (exact) mass is 583 g/mol. The molecule has 2 atom stereocenters. The summed E-state index contributed by atoms with van der Waals surface area (Å²) in [5.74, 6) is -0.800. The third-order valence-electron chi connectivity index (χ3n) is 6.79. The molecule has 0 bridgehead atoms. The van der Waals surface area contributed by atoms with E-state index in [0.29, 0.717) is 22.7 Å². The molecule has 0 aromatic heterocycles. The maximum absolute atomic E-state index is 14.1. The van der Waals surface area contributed by atoms with E-state index in [9.17, 15) is 18.0 Å². The SMILES string of the molecule is CC[C@H](C(=O)N[C@@H](C)CC)N(Cc1ccccc1Cl)C(=O)CN(c1cc(C)cc(C)c1)S(=O)(=O)c1ccccc1. The summed E-state index contributed by atoms with van der Waals surface area (Å²) in [6.07, 6.45) is 1.07. The Kier molecular flexibility index (Phi) is 10.8. The van der Waals surface area contributed by atoms with E-state index in [2.05, 4.69) is 5.32 Å². The van der Waals surface area contributed by atoms with E-state index in [4.69, 9.17) is 11.6 Å². The second-order valence-corrected chi connectivity index (χ2v) is 12.3. The number of sulfonamides is 1. The normalized spacial score (nSPS) is 12.8. The van der Waals surface area contributed by atoms with Crippen molar-refractivity contribution in [2.24, 2.45) is 0 Å². The number of carbonyl (C=O) groups is 2. The maximum atomic E-state index is 14.1. The molecule has 0 saturated heterocycles. The predicted octanol–water partition coefficient (Wildman–Crippen LogP) is 5.87. The molecule has 3 aromatic carbocycles. The van der Waals surface area contributed by atoms with Crippen LogP contribution >= 0.6 is 11.6 Å². The van der Waals surface area contributed by atoms with Crippen molar-refractivity contribution in [1.29, 1.82) is 0 Å². The third-order valence-corrected chi connectivity index (χ3v) is 8.95. The lowest BCUT2D eigenvalue weighted by atomic mass is 10.1. The molecule has 7 nitrogen and oxygen atoms in total. The number of hydrogen-bond acceptors (Lipinski definition) is 4. The Labute approximate surface area is 243 Å². The first-order chi connectivity index (χ1) is 19.0. The highest BCUT2D eigenvalue weighted by Gasteiger charge is 2.34. The highest BCUT2D eigenvalue weighted by atomic mass is 35.5. The molecule has 3 aromatic rings. The van der Waals surface area contributed by atoms with Crippen LogP contribution in [-0.4, -0.2) is 43.8 Å². The van der Waals surface area contributed by atoms with Crippen LogP contribution in [0.2, 0.25) is 5.02 Å². The molecule has 0 fully saturated rings. The number of nitrogens with zero attached hydrogens (tertiary/aromatic N) is 2. The van der Waals surface area contributed by atoms with Gasteiger partial charge >= 0.3 is 0 Å². The largest absolute Gasteiger partial charge is 0.352 e. The Balaban J connectivity index is 2.09. The van der Waals surface area contributed by atoms with Gasteiger partial charge in [0, 0.05) is 17.6 Å². The minimum Gasteiger partial charge on any atom is -0.352 e. The van der Waals surface area contributed by atoms with Crippen molar-refractivity contribution in [3.63, 3.8) is 0 Å². The highest BCUT2D eigenvalue weighted by molar-refractivity contribution is 7.92. The number of halogens is 1. The van der Waals surface area contributed by atoms with Gasteiger partial charge in [-0.2, -0.15) is 0 Å². The van der Waals surface area contributed by atoms with Crippen molar-refractivity contribution in [3.05, 3.63) is 94.5 Å². The number of aryl methyl sites for hydroxylation is 2. The summed E-state index contributed by atoms with van der Waals surface area (Å²) < 4.78 is 29.0. The molecule has 0 aliphatic rings. The van der Waals surface area contributed by atoms with Gasteiger partial charge in [-0.05, 0) is 80.6 Å². The van der Waals surface area contributed by atoms with Gasteiger partial charge in [-0.1, -0.05) is 67.9 Å². The van der Waals surface area contributed by atoms with Gasteiger partial charge in [0.15, 0.2) is 0 Å². The first kappa shape index (κ1) is 31.2. The lowest BCUT2D eigenvalue weighted by Crippen LogP contribution is -2.53. The highest BCUT2D eigenvalue weighted by Crippen LogP contribution is 2.27. The Morgan fingerprint density at radius 2 is 1.50 bits per heavy atom. The summed E-state index contributed by atoms with van der Waals surface area (Å²) in [4.78, 5) is 29.0. The molecular weight excluding hydrogens is 546 g/mol. The van der Waals surface area contributed by atoms with Gasteiger partial charge in [-0.3, -0.25) is 13.9 Å². The Morgan fingerprint density at radius 1 is 0.900 bits per heavy atom. The van der Waals surface area contributed by atoms with Gasteiger partial charge in [0.1, 0.15) is 12.6 Å². The van der Waals surface area contributed by atoms with Crippen LogP contribution in [0.5, 0.6) is 0 Å². The first-order valence-corrected chi connectivity index (χ1v) is 15.3. The fraction of sp³-hybridized carbons (Fsp3) is 0.355. The standard InChI is InChI=1S/C31H38ClN3O4S/c1-6-24(5)33-31(37)29(7-2)34(20-25-13-11-12-16-28(25)32)30(36)21-35(26-18-22(3)17-23(4)19-26)40(38,39)27-14-9-8-10-15-27/h8-19,24,29H,6-7,20-21H2,1-5H3,(H,33,37)/t24-,29+/m0/s1. The molecule has 0 radical (unpaired) electrons. The average Bonchev–Trinajstić information content (AvgIpc) is 2.92. The molecule has 40 heavy (non-hydrogen) atoms. The quantitative estimate of drug-likeness (QED) is 0.289. The third kappa shape index (κ3) is 7.64. The second kappa shape index (κ2) is 13.8. The van der Waals surface area contributed by atoms with Crippen molar-refractivity contribution >= 4 is 39.1 Å². The zero-order chi connectivity index (χ0) is 29.4. The maximum Gasteiger partial charge on any atom is 0.264 e. The van der Waals surface area contributed by atoms with Gasteiger partial charge in [-0.15, -0.1) is 0 Å². The van der Waals surface area contributed by atoms with Crippen LogP contribution in [0.1, 0.15) is 50.3 Å². The van der Waals surface area contributed by atoms with Gasteiger partial charge in [-0.25, -0.2) is 8.42 Å². The predicted molar refractivity (Wildman–Crippen MR) is 161 cm³/mol. The number of benzene rings is 3. The lowest BCUT2D eigenvalue weighted by molar-refractivity contribution is -0.140. The van der Waals surface area contributed by atoms with Crippen molar-refractivity contribution in [3.8, 4) is 0 Å². The number of anilines is 1. The summed E-state index contributed by atoms with van der Waals surface area (Å²) in [6, 6.07) is 19.7. The molecule has 0 unspecified atom stereocenters. The van der Waals surface area contributed by atoms with Crippen LogP contribution in [0.4, 0.5) is 5.69 Å². The van der Waals surface area contributed by atoms with E-state index >= 15 is 0 Å². The molecule has 0 heterocycles. The molecule has 2 amide bonds. The van der Waals surface area contributed by atoms with E-state index < -0.39 is 28.5 Å². The summed E-state index contributed by atoms with van der Waals surface area (Å²) in [6.45, 7) is 9.02. The summed E-state index contributed by atoms with van der Waals surface area (Å²) in [5.41, 5.74) is 2.77. The van der Waals surface area contributed by atoms with E-state index in [1.165, 1.54) is 17.0 Å². The van der Waals surface area contributed by atoms with Gasteiger partial charge in [0.2, 0.25) is 11.8 Å². The van der Waals surface area contributed by atoms with E-state index in [1.54, 1.807) is 48.5 Å². The second-order valence-electron chi connectivity index (χ2n) is 10.0. The van der Waals surface area contributed by atoms with E-state index in [0.717, 1.165) is 21.9 Å². The minimum absolute atomic E-state index is 0.0526. The smallest absolute Gasteiger partial charge is 0.264 e. The topological polar surface area (TPSA) is 86.8 Å². The van der Waals surface area contributed by atoms with Crippen molar-refractivity contribution in [1.82, 2.24) is 10.2 Å². The fourth-order valence-electron chi connectivity index (χ4n) is 4.51. The van der Waals surface area contributed by atoms with Gasteiger partial charge < -0.3 is 10.2 Å². The molecule has 1 N–H and O–H groups in total. The van der Waals surface area contributed by atoms with Crippen LogP contribution in [0.15, 0.2) is 77.7 Å². The molecule has 0 spiro atoms. The number of amides is 2. The fourth-order valence-corrected chi connectivity index (χ4v) is 6.13. The molecule has 0 aliphatic heterocycles. The summed E-state index contributed by atoms with van der Waals surface area (Å²) >= 11 is 6.45. The summed E-state index contributed by atoms with van der Waals surface area (Å²) in [7, 11) is -4.11. The van der Waals surface area contributed by atoms with Crippen LogP contribution in [0.25, 0.3) is 0 Å². The molecule has 0 aliphatic carbocycles. The summed E-state index contributed by atoms with van der Waals surface area (Å²) in [5, 5.41) is 3.43. The van der Waals surface area contributed by atoms with Crippen LogP contribution in [0.3, 0.4) is 0 Å². The van der Waals surface area contributed by atoms with E-state index in [1.807, 2.05) is 46.8 Å². The van der Waals surface area contributed by atoms with Crippen LogP contribution < -0.4 is 9.62 Å². The van der Waals surface area contributed by atoms with E-state index in [-0.39, 0.29) is 23.4 Å². The Hall–Kier alpha value is -3.36. The number of carbonyl (C=O) groups excluding carboxylic acids is 2. The molecule has 3 rings (SSSR count). The Morgan fingerprint density at radius 3 is 2.08 bits per heavy atom. The molecule has 214 valence electrons. The number of hydrogen-bond donors (Lipinski definition) is 1. The zero-order valence-corrected chi connectivity index (χ0v) is 25.3. The zero-order valence-electron chi connectivity index (χ0n) is 23.7. The Bertz CT molecular complexity index is 1410. The number of nitrogens with one attached hydrogen (secondary N) is 1. The lowest BCUT2D eigenvalue weighted by Gasteiger charge is -2.34. The molecule has 9 heteroatoms. The molecule has 0 saturated carbocycles. The number of rotatable bonds is 12. The van der Waals surface area contributed by atoms with Crippen LogP contribution in [0, 0.1) is 13.8 Å². The first-order valence-electron chi connectivity index (χ1n) is 13.5. The van der Waals surface area contributed by atoms with Gasteiger partial charge in [0.05, 0.1) is 10.6 Å². The minimum atomic E-state index is -4.11. The van der Waals surface area contributed by atoms with Crippen molar-refractivity contribution in [2.45, 2.75) is 71.0 Å². The van der Waals surface area contributed by atoms with Gasteiger partial charge in [0.25, 0.3) is 10.0 Å². The van der Waals surface area contributed by atoms with Crippen molar-refractivity contribution < 1.29 is 18.0 Å².